The summed E-state index contributed by atoms with van der Waals surface area (Å²) in [5.74, 6) is -1.22. The van der Waals surface area contributed by atoms with Gasteiger partial charge in [0.15, 0.2) is 0 Å². The summed E-state index contributed by atoms with van der Waals surface area (Å²) < 4.78 is 14.1. The van der Waals surface area contributed by atoms with Crippen LogP contribution in [-0.4, -0.2) is 56.1 Å². The van der Waals surface area contributed by atoms with Gasteiger partial charge in [-0.2, -0.15) is 5.10 Å². The molecule has 7 rings (SSSR count). The number of hydrogen-bond donors (Lipinski definition) is 2. The van der Waals surface area contributed by atoms with E-state index in [-0.39, 0.29) is 29.7 Å². The molecule has 282 valence electrons. The third kappa shape index (κ3) is 7.70. The molecule has 3 heterocycles. The van der Waals surface area contributed by atoms with Crippen molar-refractivity contribution in [2.24, 2.45) is 7.05 Å². The molecule has 0 saturated carbocycles. The van der Waals surface area contributed by atoms with E-state index in [9.17, 15) is 24.3 Å². The highest BCUT2D eigenvalue weighted by atomic mass is 35.5. The molecule has 1 aromatic heterocycles. The topological polar surface area (TPSA) is 140 Å². The van der Waals surface area contributed by atoms with Gasteiger partial charge in [-0.1, -0.05) is 48.0 Å². The van der Waals surface area contributed by atoms with Crippen LogP contribution in [0, 0.1) is 13.8 Å². The third-order valence-corrected chi connectivity index (χ3v) is 10.5. The van der Waals surface area contributed by atoms with E-state index < -0.39 is 29.7 Å². The monoisotopic (exact) mass is 760 g/mol. The molecule has 55 heavy (non-hydrogen) atoms. The summed E-state index contributed by atoms with van der Waals surface area (Å²) >= 11 is 6.34. The van der Waals surface area contributed by atoms with Crippen LogP contribution in [0.25, 0.3) is 22.4 Å². The maximum Gasteiger partial charge on any atom is 0.266 e. The number of rotatable bonds is 13. The third-order valence-electron chi connectivity index (χ3n) is 10.1. The molecule has 1 saturated heterocycles. The fourth-order valence-electron chi connectivity index (χ4n) is 7.20. The summed E-state index contributed by atoms with van der Waals surface area (Å²) in [6.45, 7) is 4.52. The standard InChI is InChI=1S/C43H41ClN4O7/c1-25-22-29(15-17-32(25)44)38-36(19-16-30(40(38)50)34-23-26(2)46-47(34)3)55-24-28-13-11-27(12-14-28)8-5-4-6-21-54-35-10-7-9-31-39(35)43(53)48(42(31)52)33-18-20-37(49)45-41(33)51/h7,9-17,19,22-23,33,50H,4-6,8,18,20-21,24H2,1-3H3,(H,45,49,51). The largest absolute Gasteiger partial charge is 0.506 e. The van der Waals surface area contributed by atoms with Gasteiger partial charge >= 0.3 is 0 Å². The highest BCUT2D eigenvalue weighted by molar-refractivity contribution is 6.31. The van der Waals surface area contributed by atoms with Crippen LogP contribution in [0.3, 0.4) is 0 Å². The minimum Gasteiger partial charge on any atom is -0.506 e. The van der Waals surface area contributed by atoms with Crippen LogP contribution in [0.4, 0.5) is 0 Å². The number of phenolic OH excluding ortho intramolecular Hbond substituents is 1. The van der Waals surface area contributed by atoms with Crippen molar-refractivity contribution in [3.63, 3.8) is 0 Å². The maximum atomic E-state index is 13.3. The molecule has 5 aromatic rings. The molecule has 0 spiro atoms. The normalized spacial score (nSPS) is 15.3. The van der Waals surface area contributed by atoms with Gasteiger partial charge in [0.05, 0.1) is 34.7 Å². The Morgan fingerprint density at radius 1 is 0.836 bits per heavy atom. The molecule has 2 aliphatic heterocycles. The maximum absolute atomic E-state index is 13.3. The molecule has 2 N–H and O–H groups in total. The number of hydrogen-bond acceptors (Lipinski definition) is 8. The van der Waals surface area contributed by atoms with E-state index >= 15 is 0 Å². The van der Waals surface area contributed by atoms with Crippen LogP contribution in [0.1, 0.15) is 75.2 Å². The molecule has 12 heteroatoms. The first kappa shape index (κ1) is 37.4. The molecule has 11 nitrogen and oxygen atoms in total. The van der Waals surface area contributed by atoms with Crippen molar-refractivity contribution >= 4 is 35.2 Å². The molecular formula is C43H41ClN4O7. The average molecular weight is 761 g/mol. The number of imide groups is 2. The fourth-order valence-corrected chi connectivity index (χ4v) is 7.32. The van der Waals surface area contributed by atoms with E-state index in [1.807, 2.05) is 69.4 Å². The van der Waals surface area contributed by atoms with Gasteiger partial charge in [-0.15, -0.1) is 0 Å². The smallest absolute Gasteiger partial charge is 0.266 e. The van der Waals surface area contributed by atoms with Crippen molar-refractivity contribution in [3.8, 4) is 39.6 Å². The van der Waals surface area contributed by atoms with Gasteiger partial charge in [0.2, 0.25) is 11.8 Å². The SMILES string of the molecule is Cc1cc(-c2ccc(OCc3ccc(CCCCCOc4cccc5c4C(=O)N(C4CCC(=O)NC4=O)C5=O)cc3)c(-c3ccc(Cl)c(C)c3)c2O)n(C)n1. The molecule has 4 amide bonds. The lowest BCUT2D eigenvalue weighted by Gasteiger charge is -2.27. The van der Waals surface area contributed by atoms with Crippen molar-refractivity contribution in [1.82, 2.24) is 20.0 Å². The minimum atomic E-state index is -1.02. The lowest BCUT2D eigenvalue weighted by Crippen LogP contribution is -2.54. The second-order valence-corrected chi connectivity index (χ2v) is 14.4. The van der Waals surface area contributed by atoms with Gasteiger partial charge in [0.1, 0.15) is 29.9 Å². The number of carbonyl (C=O) groups excluding carboxylic acids is 4. The van der Waals surface area contributed by atoms with Gasteiger partial charge in [0, 0.05) is 24.1 Å². The number of phenols is 1. The first-order valence-electron chi connectivity index (χ1n) is 18.3. The molecule has 1 unspecified atom stereocenters. The van der Waals surface area contributed by atoms with Gasteiger partial charge < -0.3 is 14.6 Å². The number of piperidine rings is 1. The first-order chi connectivity index (χ1) is 26.5. The minimum absolute atomic E-state index is 0.0628. The number of aromatic nitrogens is 2. The molecule has 2 aliphatic rings. The molecule has 0 aliphatic carbocycles. The quantitative estimate of drug-likeness (QED) is 0.0929. The van der Waals surface area contributed by atoms with Crippen molar-refractivity contribution in [3.05, 3.63) is 117 Å². The van der Waals surface area contributed by atoms with Crippen LogP contribution >= 0.6 is 11.6 Å². The van der Waals surface area contributed by atoms with Crippen molar-refractivity contribution < 1.29 is 33.8 Å². The van der Waals surface area contributed by atoms with E-state index in [2.05, 4.69) is 22.5 Å². The van der Waals surface area contributed by atoms with Crippen LogP contribution in [0.15, 0.2) is 78.9 Å². The molecular weight excluding hydrogens is 720 g/mol. The van der Waals surface area contributed by atoms with Crippen molar-refractivity contribution in [2.45, 2.75) is 65.0 Å². The van der Waals surface area contributed by atoms with E-state index in [4.69, 9.17) is 21.1 Å². The lowest BCUT2D eigenvalue weighted by atomic mass is 9.97. The Hall–Kier alpha value is -5.94. The Balaban J connectivity index is 0.927. The number of fused-ring (bicyclic) bond motifs is 1. The van der Waals surface area contributed by atoms with Crippen LogP contribution in [-0.2, 0) is 29.7 Å². The number of carbonyl (C=O) groups is 4. The summed E-state index contributed by atoms with van der Waals surface area (Å²) in [6, 6.07) is 23.4. The summed E-state index contributed by atoms with van der Waals surface area (Å²) in [4.78, 5) is 51.3. The Labute approximate surface area is 323 Å². The molecule has 1 fully saturated rings. The summed E-state index contributed by atoms with van der Waals surface area (Å²) in [7, 11) is 1.85. The van der Waals surface area contributed by atoms with E-state index in [0.29, 0.717) is 40.9 Å². The highest BCUT2D eigenvalue weighted by Gasteiger charge is 2.46. The zero-order chi connectivity index (χ0) is 38.8. The Kier molecular flexibility index (Phi) is 10.7. The van der Waals surface area contributed by atoms with Crippen LogP contribution in [0.2, 0.25) is 5.02 Å². The molecule has 1 atom stereocenters. The first-order valence-corrected chi connectivity index (χ1v) is 18.7. The number of benzene rings is 4. The zero-order valence-electron chi connectivity index (χ0n) is 30.9. The fraction of sp³-hybridized carbons (Fsp3) is 0.279. The summed E-state index contributed by atoms with van der Waals surface area (Å²) in [5.41, 5.74) is 7.11. The summed E-state index contributed by atoms with van der Waals surface area (Å²) in [6.07, 6.45) is 3.60. The lowest BCUT2D eigenvalue weighted by molar-refractivity contribution is -0.136. The molecule has 0 radical (unpaired) electrons. The van der Waals surface area contributed by atoms with Crippen LogP contribution in [0.5, 0.6) is 17.2 Å². The second kappa shape index (κ2) is 15.8. The summed E-state index contributed by atoms with van der Waals surface area (Å²) in [5, 5.41) is 18.9. The number of unbranched alkanes of at least 4 members (excludes halogenated alkanes) is 2. The van der Waals surface area contributed by atoms with E-state index in [1.54, 1.807) is 22.9 Å². The second-order valence-electron chi connectivity index (χ2n) is 14.0. The van der Waals surface area contributed by atoms with Gasteiger partial charge in [-0.05, 0) is 111 Å². The molecule has 4 aromatic carbocycles. The Morgan fingerprint density at radius 2 is 1.60 bits per heavy atom. The van der Waals surface area contributed by atoms with Gasteiger partial charge in [-0.3, -0.25) is 34.1 Å². The Bertz CT molecular complexity index is 2320. The molecule has 0 bridgehead atoms. The number of nitrogens with zero attached hydrogens (tertiary/aromatic N) is 3. The Morgan fingerprint density at radius 3 is 2.33 bits per heavy atom. The van der Waals surface area contributed by atoms with Gasteiger partial charge in [0.25, 0.3) is 11.8 Å². The van der Waals surface area contributed by atoms with Crippen molar-refractivity contribution in [2.75, 3.05) is 6.61 Å². The number of aryl methyl sites for hydroxylation is 4. The predicted octanol–water partition coefficient (Wildman–Crippen LogP) is 7.50. The number of halogens is 1. The van der Waals surface area contributed by atoms with Crippen molar-refractivity contribution in [1.29, 1.82) is 0 Å². The zero-order valence-corrected chi connectivity index (χ0v) is 31.6. The van der Waals surface area contributed by atoms with E-state index in [0.717, 1.165) is 58.7 Å². The number of amides is 4. The number of aromatic hydroxyl groups is 1. The van der Waals surface area contributed by atoms with Gasteiger partial charge in [-0.25, -0.2) is 0 Å². The number of ether oxygens (including phenoxy) is 2. The van der Waals surface area contributed by atoms with E-state index in [1.165, 1.54) is 5.56 Å². The predicted molar refractivity (Wildman–Crippen MR) is 207 cm³/mol. The number of nitrogens with one attached hydrogen (secondary N) is 1. The average Bonchev–Trinajstić information content (AvgIpc) is 3.63. The van der Waals surface area contributed by atoms with Crippen LogP contribution < -0.4 is 14.8 Å². The highest BCUT2D eigenvalue weighted by Crippen LogP contribution is 2.45.